The summed E-state index contributed by atoms with van der Waals surface area (Å²) in [5.74, 6) is -0.511. The van der Waals surface area contributed by atoms with Crippen LogP contribution in [-0.4, -0.2) is 29.0 Å². The Labute approximate surface area is 133 Å². The molecule has 9 heteroatoms. The van der Waals surface area contributed by atoms with Gasteiger partial charge in [-0.2, -0.15) is 23.1 Å². The summed E-state index contributed by atoms with van der Waals surface area (Å²) >= 11 is 1.24. The van der Waals surface area contributed by atoms with Gasteiger partial charge < -0.3 is 10.1 Å². The number of nitrogens with zero attached hydrogens (tertiary/aromatic N) is 2. The van der Waals surface area contributed by atoms with Crippen LogP contribution in [0.1, 0.15) is 5.69 Å². The first-order valence-electron chi connectivity index (χ1n) is 6.40. The number of carbonyl (C=O) groups excluding carboxylic acids is 1. The fraction of sp³-hybridized carbons (Fsp3) is 0.214. The summed E-state index contributed by atoms with van der Waals surface area (Å²) in [6.45, 7) is 3.17. The molecule has 0 fully saturated rings. The summed E-state index contributed by atoms with van der Waals surface area (Å²) in [5, 5.41) is 4.15. The van der Waals surface area contributed by atoms with E-state index in [1.165, 1.54) is 17.4 Å². The van der Waals surface area contributed by atoms with Crippen LogP contribution in [0.2, 0.25) is 0 Å². The Balaban J connectivity index is 2.23. The molecular weight excluding hydrogens is 331 g/mol. The van der Waals surface area contributed by atoms with Gasteiger partial charge in [-0.1, -0.05) is 12.1 Å². The van der Waals surface area contributed by atoms with Crippen LogP contribution in [-0.2, 0) is 11.0 Å². The van der Waals surface area contributed by atoms with Gasteiger partial charge in [0.15, 0.2) is 12.3 Å². The maximum absolute atomic E-state index is 12.9. The number of nitrogens with one attached hydrogen (secondary N) is 1. The standard InChI is InChI=1S/C14H12F3N3O2S/c1-2-5-18-12(21)8-22-13-19-9(10-4-3-6-23-10)7-11(20-13)14(15,16)17/h2-4,6-7H,1,5,8H2,(H,18,21). The molecule has 0 spiro atoms. The second kappa shape index (κ2) is 7.23. The number of halogens is 3. The summed E-state index contributed by atoms with van der Waals surface area (Å²) in [6.07, 6.45) is -3.17. The fourth-order valence-corrected chi connectivity index (χ4v) is 2.24. The molecule has 1 N–H and O–H groups in total. The second-order valence-electron chi connectivity index (χ2n) is 4.28. The number of thiophene rings is 1. The molecule has 0 aromatic carbocycles. The quantitative estimate of drug-likeness (QED) is 0.819. The Kier molecular flexibility index (Phi) is 5.32. The van der Waals surface area contributed by atoms with Gasteiger partial charge in [0.1, 0.15) is 0 Å². The minimum Gasteiger partial charge on any atom is -0.453 e. The molecule has 0 bridgehead atoms. The zero-order valence-corrected chi connectivity index (χ0v) is 12.6. The maximum atomic E-state index is 12.9. The minimum absolute atomic E-state index is 0.0869. The van der Waals surface area contributed by atoms with Gasteiger partial charge in [-0.25, -0.2) is 0 Å². The first kappa shape index (κ1) is 16.9. The van der Waals surface area contributed by atoms with Gasteiger partial charge in [-0.3, -0.25) is 4.79 Å². The number of ether oxygens (including phenoxy) is 1. The van der Waals surface area contributed by atoms with E-state index in [1.54, 1.807) is 17.5 Å². The Morgan fingerprint density at radius 3 is 2.83 bits per heavy atom. The highest BCUT2D eigenvalue weighted by molar-refractivity contribution is 7.13. The molecule has 0 unspecified atom stereocenters. The van der Waals surface area contributed by atoms with Crippen molar-refractivity contribution in [2.24, 2.45) is 0 Å². The third-order valence-corrected chi connectivity index (χ3v) is 3.44. The van der Waals surface area contributed by atoms with Crippen LogP contribution in [0.4, 0.5) is 13.2 Å². The molecule has 0 aliphatic heterocycles. The molecule has 23 heavy (non-hydrogen) atoms. The van der Waals surface area contributed by atoms with Crippen LogP contribution < -0.4 is 10.1 Å². The number of carbonyl (C=O) groups is 1. The van der Waals surface area contributed by atoms with Crippen molar-refractivity contribution < 1.29 is 22.7 Å². The SMILES string of the molecule is C=CCNC(=O)COc1nc(-c2cccs2)cc(C(F)(F)F)n1. The van der Waals surface area contributed by atoms with Crippen molar-refractivity contribution in [1.82, 2.24) is 15.3 Å². The molecule has 2 aromatic rings. The second-order valence-corrected chi connectivity index (χ2v) is 5.23. The Hall–Kier alpha value is -2.42. The van der Waals surface area contributed by atoms with Crippen LogP contribution in [0.3, 0.4) is 0 Å². The third-order valence-electron chi connectivity index (χ3n) is 2.55. The zero-order valence-electron chi connectivity index (χ0n) is 11.8. The summed E-state index contributed by atoms with van der Waals surface area (Å²) in [7, 11) is 0. The van der Waals surface area contributed by atoms with Gasteiger partial charge in [-0.05, 0) is 17.5 Å². The average Bonchev–Trinajstić information content (AvgIpc) is 3.04. The number of alkyl halides is 3. The van der Waals surface area contributed by atoms with Crippen LogP contribution in [0.25, 0.3) is 10.6 Å². The van der Waals surface area contributed by atoms with Crippen molar-refractivity contribution in [3.8, 4) is 16.6 Å². The molecule has 0 saturated carbocycles. The molecule has 0 radical (unpaired) electrons. The lowest BCUT2D eigenvalue weighted by molar-refractivity contribution is -0.141. The van der Waals surface area contributed by atoms with Crippen LogP contribution >= 0.6 is 11.3 Å². The van der Waals surface area contributed by atoms with Crippen molar-refractivity contribution in [1.29, 1.82) is 0 Å². The van der Waals surface area contributed by atoms with E-state index >= 15 is 0 Å². The molecular formula is C14H12F3N3O2S. The zero-order chi connectivity index (χ0) is 16.9. The Bertz CT molecular complexity index is 687. The first-order chi connectivity index (χ1) is 10.9. The molecule has 2 aromatic heterocycles. The van der Waals surface area contributed by atoms with E-state index in [9.17, 15) is 18.0 Å². The highest BCUT2D eigenvalue weighted by Crippen LogP contribution is 2.32. The molecule has 2 rings (SSSR count). The molecule has 0 atom stereocenters. The molecule has 122 valence electrons. The van der Waals surface area contributed by atoms with Gasteiger partial charge >= 0.3 is 12.2 Å². The summed E-state index contributed by atoms with van der Waals surface area (Å²) in [5.41, 5.74) is -1.04. The smallest absolute Gasteiger partial charge is 0.433 e. The number of hydrogen-bond donors (Lipinski definition) is 1. The predicted octanol–water partition coefficient (Wildman–Crippen LogP) is 2.90. The van der Waals surface area contributed by atoms with Gasteiger partial charge in [0.2, 0.25) is 0 Å². The van der Waals surface area contributed by atoms with Crippen molar-refractivity contribution in [3.63, 3.8) is 0 Å². The van der Waals surface area contributed by atoms with Gasteiger partial charge in [0.25, 0.3) is 5.91 Å². The third kappa shape index (κ3) is 4.78. The van der Waals surface area contributed by atoms with Crippen molar-refractivity contribution >= 4 is 17.2 Å². The molecule has 5 nitrogen and oxygen atoms in total. The summed E-state index contributed by atoms with van der Waals surface area (Å²) < 4.78 is 43.7. The van der Waals surface area contributed by atoms with E-state index in [0.717, 1.165) is 6.07 Å². The van der Waals surface area contributed by atoms with E-state index in [-0.39, 0.29) is 12.2 Å². The van der Waals surface area contributed by atoms with Crippen molar-refractivity contribution in [3.05, 3.63) is 41.9 Å². The Morgan fingerprint density at radius 1 is 1.43 bits per heavy atom. The number of amides is 1. The molecule has 1 amide bonds. The number of hydrogen-bond acceptors (Lipinski definition) is 5. The largest absolute Gasteiger partial charge is 0.453 e. The average molecular weight is 343 g/mol. The van der Waals surface area contributed by atoms with E-state index in [4.69, 9.17) is 4.74 Å². The van der Waals surface area contributed by atoms with Crippen LogP contribution in [0.15, 0.2) is 36.2 Å². The first-order valence-corrected chi connectivity index (χ1v) is 7.28. The van der Waals surface area contributed by atoms with Crippen LogP contribution in [0, 0.1) is 0 Å². The lowest BCUT2D eigenvalue weighted by Crippen LogP contribution is -2.29. The fourth-order valence-electron chi connectivity index (χ4n) is 1.55. The normalized spacial score (nSPS) is 11.1. The van der Waals surface area contributed by atoms with Gasteiger partial charge in [-0.15, -0.1) is 17.9 Å². The van der Waals surface area contributed by atoms with E-state index in [2.05, 4.69) is 21.9 Å². The minimum atomic E-state index is -4.64. The van der Waals surface area contributed by atoms with Gasteiger partial charge in [0.05, 0.1) is 10.6 Å². The number of aromatic nitrogens is 2. The highest BCUT2D eigenvalue weighted by Gasteiger charge is 2.34. The maximum Gasteiger partial charge on any atom is 0.433 e. The topological polar surface area (TPSA) is 64.1 Å². The monoisotopic (exact) mass is 343 g/mol. The molecule has 0 aliphatic rings. The van der Waals surface area contributed by atoms with E-state index in [1.807, 2.05) is 0 Å². The van der Waals surface area contributed by atoms with E-state index < -0.39 is 30.4 Å². The van der Waals surface area contributed by atoms with Crippen molar-refractivity contribution in [2.45, 2.75) is 6.18 Å². The van der Waals surface area contributed by atoms with Crippen LogP contribution in [0.5, 0.6) is 6.01 Å². The molecule has 2 heterocycles. The summed E-state index contributed by atoms with van der Waals surface area (Å²) in [4.78, 5) is 19.2. The molecule has 0 saturated heterocycles. The number of rotatable bonds is 6. The lowest BCUT2D eigenvalue weighted by atomic mass is 10.3. The highest BCUT2D eigenvalue weighted by atomic mass is 32.1. The van der Waals surface area contributed by atoms with Gasteiger partial charge in [0, 0.05) is 6.54 Å². The Morgan fingerprint density at radius 2 is 2.22 bits per heavy atom. The predicted molar refractivity (Wildman–Crippen MR) is 79.0 cm³/mol. The summed E-state index contributed by atoms with van der Waals surface area (Å²) in [6, 6.07) is 3.67. The lowest BCUT2D eigenvalue weighted by Gasteiger charge is -2.10. The van der Waals surface area contributed by atoms with Crippen molar-refractivity contribution in [2.75, 3.05) is 13.2 Å². The molecule has 0 aliphatic carbocycles. The van der Waals surface area contributed by atoms with E-state index in [0.29, 0.717) is 4.88 Å².